The molecule has 6 heteroatoms. The summed E-state index contributed by atoms with van der Waals surface area (Å²) in [6.45, 7) is 1.56. The fourth-order valence-electron chi connectivity index (χ4n) is 3.51. The number of rotatable bonds is 5. The maximum absolute atomic E-state index is 12.9. The Balaban J connectivity index is 1.25. The Hall–Kier alpha value is -2.34. The lowest BCUT2D eigenvalue weighted by atomic mass is 9.96. The van der Waals surface area contributed by atoms with Crippen LogP contribution in [-0.2, 0) is 4.79 Å². The molecule has 1 aromatic heterocycles. The number of nitrogens with one attached hydrogen (secondary N) is 1. The van der Waals surface area contributed by atoms with Gasteiger partial charge in [-0.2, -0.15) is 0 Å². The predicted molar refractivity (Wildman–Crippen MR) is 106 cm³/mol. The van der Waals surface area contributed by atoms with E-state index in [0.29, 0.717) is 18.1 Å². The molecule has 1 aliphatic heterocycles. The zero-order valence-electron chi connectivity index (χ0n) is 15.0. The number of aromatic amines is 1. The van der Waals surface area contributed by atoms with E-state index in [2.05, 4.69) is 4.98 Å². The number of nitrogens with zero attached hydrogens (tertiary/aromatic N) is 2. The first-order valence-electron chi connectivity index (χ1n) is 9.30. The van der Waals surface area contributed by atoms with E-state index in [4.69, 9.17) is 4.98 Å². The van der Waals surface area contributed by atoms with Gasteiger partial charge in [-0.05, 0) is 49.2 Å². The van der Waals surface area contributed by atoms with Crippen molar-refractivity contribution in [3.05, 3.63) is 60.2 Å². The van der Waals surface area contributed by atoms with E-state index in [1.165, 1.54) is 12.1 Å². The Bertz CT molecular complexity index is 884. The summed E-state index contributed by atoms with van der Waals surface area (Å²) in [4.78, 5) is 23.5. The average molecular weight is 383 g/mol. The minimum atomic E-state index is -0.234. The Labute approximate surface area is 162 Å². The lowest BCUT2D eigenvalue weighted by Crippen LogP contribution is -2.38. The van der Waals surface area contributed by atoms with Crippen LogP contribution in [0.3, 0.4) is 0 Å². The molecule has 0 saturated carbocycles. The smallest absolute Gasteiger partial charge is 0.223 e. The molecule has 27 heavy (non-hydrogen) atoms. The molecule has 1 N–H and O–H groups in total. The maximum atomic E-state index is 12.9. The number of carbonyl (C=O) groups is 1. The van der Waals surface area contributed by atoms with Crippen molar-refractivity contribution in [2.75, 3.05) is 18.8 Å². The van der Waals surface area contributed by atoms with Crippen molar-refractivity contribution in [1.82, 2.24) is 14.9 Å². The van der Waals surface area contributed by atoms with Gasteiger partial charge >= 0.3 is 0 Å². The number of hydrogen-bond acceptors (Lipinski definition) is 3. The van der Waals surface area contributed by atoms with Crippen molar-refractivity contribution in [2.24, 2.45) is 0 Å². The highest BCUT2D eigenvalue weighted by molar-refractivity contribution is 7.99. The lowest BCUT2D eigenvalue weighted by molar-refractivity contribution is -0.131. The summed E-state index contributed by atoms with van der Waals surface area (Å²) in [6.07, 6.45) is 2.39. The number of hydrogen-bond donors (Lipinski definition) is 1. The molecule has 1 aliphatic rings. The van der Waals surface area contributed by atoms with Crippen LogP contribution < -0.4 is 0 Å². The molecule has 2 heterocycles. The van der Waals surface area contributed by atoms with Gasteiger partial charge in [-0.25, -0.2) is 9.37 Å². The molecular formula is C21H22FN3OS. The first-order chi connectivity index (χ1) is 13.2. The van der Waals surface area contributed by atoms with Crippen LogP contribution in [0.4, 0.5) is 4.39 Å². The molecule has 0 bridgehead atoms. The van der Waals surface area contributed by atoms with Gasteiger partial charge < -0.3 is 9.88 Å². The molecule has 1 amide bonds. The van der Waals surface area contributed by atoms with E-state index >= 15 is 0 Å². The van der Waals surface area contributed by atoms with Crippen LogP contribution in [0.2, 0.25) is 0 Å². The van der Waals surface area contributed by atoms with Gasteiger partial charge in [0.2, 0.25) is 5.91 Å². The zero-order chi connectivity index (χ0) is 18.6. The normalized spacial score (nSPS) is 15.4. The first-order valence-corrected chi connectivity index (χ1v) is 10.3. The molecule has 1 fully saturated rings. The summed E-state index contributed by atoms with van der Waals surface area (Å²) < 4.78 is 12.9. The van der Waals surface area contributed by atoms with Gasteiger partial charge in [0.25, 0.3) is 0 Å². The fraction of sp³-hybridized carbons (Fsp3) is 0.333. The van der Waals surface area contributed by atoms with Crippen LogP contribution in [0.1, 0.15) is 31.0 Å². The summed E-state index contributed by atoms with van der Waals surface area (Å²) in [5.41, 5.74) is 2.08. The Morgan fingerprint density at radius 1 is 1.15 bits per heavy atom. The highest BCUT2D eigenvalue weighted by atomic mass is 32.2. The largest absolute Gasteiger partial charge is 0.343 e. The monoisotopic (exact) mass is 383 g/mol. The Morgan fingerprint density at radius 2 is 1.89 bits per heavy atom. The number of carbonyl (C=O) groups excluding carboxylic acids is 1. The number of H-pyrrole nitrogens is 1. The van der Waals surface area contributed by atoms with Crippen LogP contribution in [0.25, 0.3) is 11.0 Å². The predicted octanol–water partition coefficient (Wildman–Crippen LogP) is 4.59. The van der Waals surface area contributed by atoms with Crippen molar-refractivity contribution in [3.8, 4) is 0 Å². The molecular weight excluding hydrogens is 361 g/mol. The lowest BCUT2D eigenvalue weighted by Gasteiger charge is -2.31. The van der Waals surface area contributed by atoms with E-state index in [1.54, 1.807) is 23.9 Å². The SMILES string of the molecule is O=C(CCSc1ccc(F)cc1)N1CCC(c2nc3ccccc3[nH]2)CC1. The van der Waals surface area contributed by atoms with Crippen molar-refractivity contribution < 1.29 is 9.18 Å². The van der Waals surface area contributed by atoms with Gasteiger partial charge in [0.05, 0.1) is 11.0 Å². The van der Waals surface area contributed by atoms with Crippen molar-refractivity contribution in [1.29, 1.82) is 0 Å². The van der Waals surface area contributed by atoms with Crippen LogP contribution in [0.15, 0.2) is 53.4 Å². The van der Waals surface area contributed by atoms with Crippen LogP contribution in [-0.4, -0.2) is 39.6 Å². The number of thioether (sulfide) groups is 1. The van der Waals surface area contributed by atoms with Gasteiger partial charge in [-0.1, -0.05) is 12.1 Å². The first kappa shape index (κ1) is 18.0. The molecule has 2 aromatic carbocycles. The molecule has 0 spiro atoms. The van der Waals surface area contributed by atoms with Gasteiger partial charge in [0, 0.05) is 36.1 Å². The molecule has 0 unspecified atom stereocenters. The highest BCUT2D eigenvalue weighted by Gasteiger charge is 2.25. The fourth-order valence-corrected chi connectivity index (χ4v) is 4.35. The van der Waals surface area contributed by atoms with Gasteiger partial charge in [-0.15, -0.1) is 11.8 Å². The Morgan fingerprint density at radius 3 is 2.63 bits per heavy atom. The van der Waals surface area contributed by atoms with Crippen molar-refractivity contribution >= 4 is 28.7 Å². The number of amides is 1. The van der Waals surface area contributed by atoms with Gasteiger partial charge in [0.1, 0.15) is 11.6 Å². The van der Waals surface area contributed by atoms with Gasteiger partial charge in [0.15, 0.2) is 0 Å². The van der Waals surface area contributed by atoms with E-state index in [1.807, 2.05) is 29.2 Å². The molecule has 1 saturated heterocycles. The van der Waals surface area contributed by atoms with Crippen LogP contribution in [0, 0.1) is 5.82 Å². The molecule has 0 radical (unpaired) electrons. The second-order valence-electron chi connectivity index (χ2n) is 6.85. The third-order valence-corrected chi connectivity index (χ3v) is 6.05. The number of imidazole rings is 1. The maximum Gasteiger partial charge on any atom is 0.223 e. The quantitative estimate of drug-likeness (QED) is 0.656. The summed E-state index contributed by atoms with van der Waals surface area (Å²) in [5.74, 6) is 2.11. The number of halogens is 1. The molecule has 140 valence electrons. The second kappa shape index (κ2) is 8.13. The number of aromatic nitrogens is 2. The number of para-hydroxylation sites is 2. The van der Waals surface area contributed by atoms with Crippen molar-refractivity contribution in [2.45, 2.75) is 30.1 Å². The molecule has 3 aromatic rings. The number of fused-ring (bicyclic) bond motifs is 1. The number of piperidine rings is 1. The molecule has 4 nitrogen and oxygen atoms in total. The summed E-state index contributed by atoms with van der Waals surface area (Å²) >= 11 is 1.59. The van der Waals surface area contributed by atoms with E-state index < -0.39 is 0 Å². The minimum absolute atomic E-state index is 0.202. The summed E-state index contributed by atoms with van der Waals surface area (Å²) in [5, 5.41) is 0. The van der Waals surface area contributed by atoms with Crippen molar-refractivity contribution in [3.63, 3.8) is 0 Å². The standard InChI is InChI=1S/C21H22FN3OS/c22-16-5-7-17(8-6-16)27-14-11-20(26)25-12-9-15(10-13-25)21-23-18-3-1-2-4-19(18)24-21/h1-8,15H,9-14H2,(H,23,24). The molecule has 0 aliphatic carbocycles. The zero-order valence-corrected chi connectivity index (χ0v) is 15.8. The number of likely N-dealkylation sites (tertiary alicyclic amines) is 1. The number of benzene rings is 2. The third-order valence-electron chi connectivity index (χ3n) is 5.04. The topological polar surface area (TPSA) is 49.0 Å². The average Bonchev–Trinajstić information content (AvgIpc) is 3.14. The third kappa shape index (κ3) is 4.33. The summed E-state index contributed by atoms with van der Waals surface area (Å²) in [6, 6.07) is 14.5. The minimum Gasteiger partial charge on any atom is -0.343 e. The highest BCUT2D eigenvalue weighted by Crippen LogP contribution is 2.28. The van der Waals surface area contributed by atoms with E-state index in [0.717, 1.165) is 47.7 Å². The van der Waals surface area contributed by atoms with E-state index in [-0.39, 0.29) is 11.7 Å². The van der Waals surface area contributed by atoms with Gasteiger partial charge in [-0.3, -0.25) is 4.79 Å². The van der Waals surface area contributed by atoms with Crippen LogP contribution in [0.5, 0.6) is 0 Å². The Kier molecular flexibility index (Phi) is 5.43. The molecule has 4 rings (SSSR count). The summed E-state index contributed by atoms with van der Waals surface area (Å²) in [7, 11) is 0. The van der Waals surface area contributed by atoms with Crippen LogP contribution >= 0.6 is 11.8 Å². The van der Waals surface area contributed by atoms with E-state index in [9.17, 15) is 9.18 Å². The molecule has 0 atom stereocenters. The second-order valence-corrected chi connectivity index (χ2v) is 8.01.